The Kier molecular flexibility index (Phi) is 2.44. The summed E-state index contributed by atoms with van der Waals surface area (Å²) in [6.07, 6.45) is 1.60. The first-order valence-corrected chi connectivity index (χ1v) is 5.01. The minimum Gasteiger partial charge on any atom is -0.516 e. The van der Waals surface area contributed by atoms with Gasteiger partial charge in [-0.25, -0.2) is 4.39 Å². The van der Waals surface area contributed by atoms with Gasteiger partial charge in [-0.15, -0.1) is 0 Å². The van der Waals surface area contributed by atoms with Crippen LogP contribution in [-0.2, 0) is 5.41 Å². The van der Waals surface area contributed by atoms with E-state index in [9.17, 15) is 4.39 Å². The first-order chi connectivity index (χ1) is 7.14. The highest BCUT2D eigenvalue weighted by atomic mass is 35.5. The van der Waals surface area contributed by atoms with Gasteiger partial charge in [-0.1, -0.05) is 11.6 Å². The van der Waals surface area contributed by atoms with E-state index in [1.54, 1.807) is 6.07 Å². The third-order valence-corrected chi connectivity index (χ3v) is 3.17. The molecule has 0 saturated heterocycles. The summed E-state index contributed by atoms with van der Waals surface area (Å²) in [5.41, 5.74) is 6.31. The molecule has 1 aliphatic carbocycles. The minimum absolute atomic E-state index is 0.274. The van der Waals surface area contributed by atoms with Crippen molar-refractivity contribution in [2.75, 3.05) is 6.54 Å². The molecular formula is C11H11ClFNO. The van der Waals surface area contributed by atoms with Crippen LogP contribution in [0.15, 0.2) is 30.0 Å². The van der Waals surface area contributed by atoms with Gasteiger partial charge in [0.25, 0.3) is 0 Å². The van der Waals surface area contributed by atoms with Gasteiger partial charge in [0.1, 0.15) is 5.82 Å². The SMILES string of the molecule is NC[C@@]1(c2cc(Cl)ccc2F)C/C1=C\O. The molecule has 80 valence electrons. The van der Waals surface area contributed by atoms with E-state index in [-0.39, 0.29) is 12.4 Å². The average Bonchev–Trinajstić information content (AvgIpc) is 2.96. The van der Waals surface area contributed by atoms with E-state index in [1.807, 2.05) is 0 Å². The fourth-order valence-electron chi connectivity index (χ4n) is 1.90. The Morgan fingerprint density at radius 2 is 2.33 bits per heavy atom. The number of hydrogen-bond acceptors (Lipinski definition) is 2. The maximum Gasteiger partial charge on any atom is 0.127 e. The van der Waals surface area contributed by atoms with Crippen LogP contribution in [-0.4, -0.2) is 11.7 Å². The van der Waals surface area contributed by atoms with Gasteiger partial charge in [0.15, 0.2) is 0 Å². The van der Waals surface area contributed by atoms with Gasteiger partial charge >= 0.3 is 0 Å². The van der Waals surface area contributed by atoms with Crippen molar-refractivity contribution in [3.8, 4) is 0 Å². The average molecular weight is 228 g/mol. The van der Waals surface area contributed by atoms with Crippen LogP contribution >= 0.6 is 11.6 Å². The summed E-state index contributed by atoms with van der Waals surface area (Å²) in [6.45, 7) is 0.274. The zero-order valence-corrected chi connectivity index (χ0v) is 8.76. The lowest BCUT2D eigenvalue weighted by molar-refractivity contribution is 0.468. The summed E-state index contributed by atoms with van der Waals surface area (Å²) in [5, 5.41) is 9.40. The quantitative estimate of drug-likeness (QED) is 0.763. The first-order valence-electron chi connectivity index (χ1n) is 4.63. The molecule has 15 heavy (non-hydrogen) atoms. The van der Waals surface area contributed by atoms with Gasteiger partial charge in [0.05, 0.1) is 6.26 Å². The van der Waals surface area contributed by atoms with Crippen molar-refractivity contribution in [2.24, 2.45) is 5.73 Å². The lowest BCUT2D eigenvalue weighted by atomic mass is 9.94. The molecule has 2 nitrogen and oxygen atoms in total. The number of aliphatic hydroxyl groups excluding tert-OH is 1. The molecule has 4 heteroatoms. The Morgan fingerprint density at radius 3 is 2.87 bits per heavy atom. The van der Waals surface area contributed by atoms with Crippen LogP contribution in [0.3, 0.4) is 0 Å². The van der Waals surface area contributed by atoms with Crippen LogP contribution in [0.2, 0.25) is 5.02 Å². The molecule has 0 bridgehead atoms. The van der Waals surface area contributed by atoms with Gasteiger partial charge < -0.3 is 10.8 Å². The summed E-state index contributed by atoms with van der Waals surface area (Å²) in [4.78, 5) is 0. The molecular weight excluding hydrogens is 217 g/mol. The van der Waals surface area contributed by atoms with E-state index >= 15 is 0 Å². The topological polar surface area (TPSA) is 46.2 Å². The maximum absolute atomic E-state index is 13.6. The molecule has 0 unspecified atom stereocenters. The van der Waals surface area contributed by atoms with E-state index in [1.165, 1.54) is 12.1 Å². The Morgan fingerprint density at radius 1 is 1.60 bits per heavy atom. The van der Waals surface area contributed by atoms with Gasteiger partial charge in [0, 0.05) is 22.5 Å². The molecule has 1 aliphatic rings. The molecule has 1 fully saturated rings. The standard InChI is InChI=1S/C11H11ClFNO/c12-8-1-2-10(13)9(3-8)11(6-14)4-7(11)5-15/h1-3,5,15H,4,6,14H2/b7-5+/t11-/m0/s1. The molecule has 0 radical (unpaired) electrons. The summed E-state index contributed by atoms with van der Waals surface area (Å²) < 4.78 is 13.6. The van der Waals surface area contributed by atoms with Crippen molar-refractivity contribution in [3.05, 3.63) is 46.4 Å². The second kappa shape index (κ2) is 3.51. The fraction of sp³-hybridized carbons (Fsp3) is 0.273. The number of nitrogens with two attached hydrogens (primary N) is 1. The van der Waals surface area contributed by atoms with Gasteiger partial charge in [0.2, 0.25) is 0 Å². The van der Waals surface area contributed by atoms with Crippen molar-refractivity contribution >= 4 is 11.6 Å². The Hall–Kier alpha value is -1.06. The van der Waals surface area contributed by atoms with Crippen molar-refractivity contribution in [2.45, 2.75) is 11.8 Å². The predicted molar refractivity (Wildman–Crippen MR) is 57.5 cm³/mol. The molecule has 1 atom stereocenters. The number of rotatable bonds is 2. The monoisotopic (exact) mass is 227 g/mol. The van der Waals surface area contributed by atoms with Crippen LogP contribution in [0.4, 0.5) is 4.39 Å². The summed E-state index contributed by atoms with van der Waals surface area (Å²) in [7, 11) is 0. The summed E-state index contributed by atoms with van der Waals surface area (Å²) in [5.74, 6) is -0.332. The van der Waals surface area contributed by atoms with E-state index in [2.05, 4.69) is 0 Å². The van der Waals surface area contributed by atoms with E-state index < -0.39 is 5.41 Å². The summed E-state index contributed by atoms with van der Waals surface area (Å²) in [6, 6.07) is 4.39. The molecule has 1 saturated carbocycles. The van der Waals surface area contributed by atoms with Gasteiger partial charge in [-0.3, -0.25) is 0 Å². The lowest BCUT2D eigenvalue weighted by Crippen LogP contribution is -2.21. The highest BCUT2D eigenvalue weighted by Crippen LogP contribution is 2.53. The Bertz CT molecular complexity index is 433. The van der Waals surface area contributed by atoms with Crippen molar-refractivity contribution in [3.63, 3.8) is 0 Å². The van der Waals surface area contributed by atoms with E-state index in [0.717, 1.165) is 11.8 Å². The molecule has 2 rings (SSSR count). The van der Waals surface area contributed by atoms with Gasteiger partial charge in [-0.2, -0.15) is 0 Å². The zero-order valence-electron chi connectivity index (χ0n) is 8.00. The molecule has 0 aliphatic heterocycles. The predicted octanol–water partition coefficient (Wildman–Crippen LogP) is 2.52. The van der Waals surface area contributed by atoms with Crippen LogP contribution in [0.25, 0.3) is 0 Å². The summed E-state index contributed by atoms with van der Waals surface area (Å²) >= 11 is 5.81. The second-order valence-corrected chi connectivity index (χ2v) is 4.18. The van der Waals surface area contributed by atoms with Crippen LogP contribution in [0, 0.1) is 5.82 Å². The molecule has 0 aromatic heterocycles. The highest BCUT2D eigenvalue weighted by Gasteiger charge is 2.51. The molecule has 1 aromatic rings. The number of halogens is 2. The largest absolute Gasteiger partial charge is 0.516 e. The number of aliphatic hydroxyl groups is 1. The maximum atomic E-state index is 13.6. The highest BCUT2D eigenvalue weighted by molar-refractivity contribution is 6.30. The molecule has 0 amide bonds. The minimum atomic E-state index is -0.538. The normalized spacial score (nSPS) is 27.0. The zero-order chi connectivity index (χ0) is 11.1. The van der Waals surface area contributed by atoms with Crippen molar-refractivity contribution < 1.29 is 9.50 Å². The molecule has 0 spiro atoms. The molecule has 3 N–H and O–H groups in total. The third-order valence-electron chi connectivity index (χ3n) is 2.93. The fourth-order valence-corrected chi connectivity index (χ4v) is 2.07. The Labute approximate surface area is 92.2 Å². The smallest absolute Gasteiger partial charge is 0.127 e. The van der Waals surface area contributed by atoms with Crippen LogP contribution < -0.4 is 5.73 Å². The lowest BCUT2D eigenvalue weighted by Gasteiger charge is -2.13. The molecule has 1 aromatic carbocycles. The Balaban J connectivity index is 2.50. The second-order valence-electron chi connectivity index (χ2n) is 3.74. The van der Waals surface area contributed by atoms with Crippen molar-refractivity contribution in [1.82, 2.24) is 0 Å². The van der Waals surface area contributed by atoms with E-state index in [0.29, 0.717) is 17.0 Å². The number of benzene rings is 1. The van der Waals surface area contributed by atoms with Gasteiger partial charge in [-0.05, 0) is 30.2 Å². The third kappa shape index (κ3) is 1.52. The van der Waals surface area contributed by atoms with Crippen LogP contribution in [0.1, 0.15) is 12.0 Å². The number of hydrogen-bond donors (Lipinski definition) is 2. The van der Waals surface area contributed by atoms with E-state index in [4.69, 9.17) is 22.4 Å². The first kappa shape index (κ1) is 10.5. The molecule has 0 heterocycles. The van der Waals surface area contributed by atoms with Crippen LogP contribution in [0.5, 0.6) is 0 Å². The van der Waals surface area contributed by atoms with Crippen molar-refractivity contribution in [1.29, 1.82) is 0 Å².